The molecule has 0 radical (unpaired) electrons. The van der Waals surface area contributed by atoms with Crippen LogP contribution in [0, 0.1) is 11.8 Å². The third-order valence-corrected chi connectivity index (χ3v) is 4.22. The molecule has 3 nitrogen and oxygen atoms in total. The van der Waals surface area contributed by atoms with Crippen LogP contribution in [0.4, 0.5) is 13.2 Å². The van der Waals surface area contributed by atoms with Crippen molar-refractivity contribution in [2.75, 3.05) is 11.5 Å². The normalized spacial score (nSPS) is 19.6. The van der Waals surface area contributed by atoms with Crippen LogP contribution >= 0.6 is 11.8 Å². The maximum Gasteiger partial charge on any atom is 0.392 e. The predicted octanol–water partition coefficient (Wildman–Crippen LogP) is 2.50. The lowest BCUT2D eigenvalue weighted by Gasteiger charge is -2.21. The van der Waals surface area contributed by atoms with Gasteiger partial charge < -0.3 is 10.8 Å². The van der Waals surface area contributed by atoms with Gasteiger partial charge in [-0.05, 0) is 30.9 Å². The quantitative estimate of drug-likeness (QED) is 0.719. The van der Waals surface area contributed by atoms with Crippen molar-refractivity contribution in [1.29, 1.82) is 0 Å². The van der Waals surface area contributed by atoms with Crippen LogP contribution in [0.1, 0.15) is 25.7 Å². The number of carbonyl (C=O) groups is 1. The highest BCUT2D eigenvalue weighted by Crippen LogP contribution is 2.34. The van der Waals surface area contributed by atoms with Crippen molar-refractivity contribution in [3.05, 3.63) is 0 Å². The molecule has 0 unspecified atom stereocenters. The Hall–Kier alpha value is -0.430. The van der Waals surface area contributed by atoms with Crippen LogP contribution in [-0.2, 0) is 4.79 Å². The predicted molar refractivity (Wildman–Crippen MR) is 64.4 cm³/mol. The van der Waals surface area contributed by atoms with Crippen LogP contribution < -0.4 is 5.73 Å². The van der Waals surface area contributed by atoms with Gasteiger partial charge in [0.05, 0.1) is 12.3 Å². The molecule has 18 heavy (non-hydrogen) atoms. The maximum atomic E-state index is 12.6. The van der Waals surface area contributed by atoms with Crippen molar-refractivity contribution >= 4 is 17.7 Å². The molecule has 0 saturated heterocycles. The molecule has 0 amide bonds. The molecule has 0 bridgehead atoms. The number of alkyl halides is 3. The number of rotatable bonds is 8. The Bertz CT molecular complexity index is 282. The summed E-state index contributed by atoms with van der Waals surface area (Å²) in [6, 6.07) is -0.597. The van der Waals surface area contributed by atoms with Gasteiger partial charge in [0, 0.05) is 11.8 Å². The molecular weight excluding hydrogens is 267 g/mol. The van der Waals surface area contributed by atoms with Crippen LogP contribution in [0.5, 0.6) is 0 Å². The van der Waals surface area contributed by atoms with E-state index in [4.69, 9.17) is 10.8 Å². The molecule has 3 N–H and O–H groups in total. The van der Waals surface area contributed by atoms with Crippen molar-refractivity contribution in [1.82, 2.24) is 0 Å². The molecule has 1 saturated carbocycles. The highest BCUT2D eigenvalue weighted by Gasteiger charge is 2.41. The second kappa shape index (κ2) is 6.65. The van der Waals surface area contributed by atoms with E-state index >= 15 is 0 Å². The molecular formula is C11H18F3NO2S. The Balaban J connectivity index is 2.30. The molecule has 7 heteroatoms. The van der Waals surface area contributed by atoms with E-state index in [1.54, 1.807) is 11.8 Å². The number of halogens is 3. The number of thioether (sulfide) groups is 1. The largest absolute Gasteiger partial charge is 0.481 e. The first-order chi connectivity index (χ1) is 8.29. The summed E-state index contributed by atoms with van der Waals surface area (Å²) in [6.07, 6.45) is -3.30. The molecule has 1 aliphatic rings. The van der Waals surface area contributed by atoms with Crippen molar-refractivity contribution in [2.24, 2.45) is 17.6 Å². The van der Waals surface area contributed by atoms with Gasteiger partial charge in [0.2, 0.25) is 0 Å². The lowest BCUT2D eigenvalue weighted by molar-refractivity contribution is -0.185. The van der Waals surface area contributed by atoms with E-state index in [-0.39, 0.29) is 6.42 Å². The van der Waals surface area contributed by atoms with Crippen LogP contribution in [0.2, 0.25) is 0 Å². The Morgan fingerprint density at radius 1 is 1.44 bits per heavy atom. The number of carboxylic acid groups (broad SMARTS) is 1. The van der Waals surface area contributed by atoms with E-state index < -0.39 is 30.5 Å². The molecule has 1 aliphatic carbocycles. The smallest absolute Gasteiger partial charge is 0.392 e. The summed E-state index contributed by atoms with van der Waals surface area (Å²) in [5, 5.41) is 8.47. The third kappa shape index (κ3) is 6.49. The SMILES string of the molecule is N[C@@H](CSCC1CC1)C[C@@H](CC(=O)O)C(F)(F)F. The molecule has 0 aromatic heterocycles. The summed E-state index contributed by atoms with van der Waals surface area (Å²) in [6.45, 7) is 0. The number of hydrogen-bond acceptors (Lipinski definition) is 3. The summed E-state index contributed by atoms with van der Waals surface area (Å²) >= 11 is 1.56. The molecule has 0 spiro atoms. The van der Waals surface area contributed by atoms with Crippen molar-refractivity contribution < 1.29 is 23.1 Å². The second-order valence-corrected chi connectivity index (χ2v) is 5.89. The summed E-state index contributed by atoms with van der Waals surface area (Å²) in [5.74, 6) is -1.16. The average molecular weight is 285 g/mol. The summed E-state index contributed by atoms with van der Waals surface area (Å²) in [5.41, 5.74) is 5.64. The summed E-state index contributed by atoms with van der Waals surface area (Å²) in [4.78, 5) is 10.4. The van der Waals surface area contributed by atoms with Gasteiger partial charge in [0.1, 0.15) is 0 Å². The minimum Gasteiger partial charge on any atom is -0.481 e. The molecule has 0 aliphatic heterocycles. The monoisotopic (exact) mass is 285 g/mol. The van der Waals surface area contributed by atoms with Crippen LogP contribution in [0.15, 0.2) is 0 Å². The Kier molecular flexibility index (Phi) is 5.78. The van der Waals surface area contributed by atoms with E-state index in [0.29, 0.717) is 11.7 Å². The van der Waals surface area contributed by atoms with Gasteiger partial charge in [-0.2, -0.15) is 24.9 Å². The van der Waals surface area contributed by atoms with Gasteiger partial charge in [-0.15, -0.1) is 0 Å². The fourth-order valence-corrected chi connectivity index (χ4v) is 2.89. The van der Waals surface area contributed by atoms with Gasteiger partial charge >= 0.3 is 12.1 Å². The third-order valence-electron chi connectivity index (χ3n) is 2.85. The lowest BCUT2D eigenvalue weighted by Crippen LogP contribution is -2.34. The fourth-order valence-electron chi connectivity index (χ4n) is 1.65. The van der Waals surface area contributed by atoms with Crippen LogP contribution in [0.25, 0.3) is 0 Å². The van der Waals surface area contributed by atoms with Crippen LogP contribution in [-0.4, -0.2) is 34.8 Å². The first-order valence-electron chi connectivity index (χ1n) is 5.91. The van der Waals surface area contributed by atoms with Gasteiger partial charge in [-0.1, -0.05) is 0 Å². The van der Waals surface area contributed by atoms with E-state index in [2.05, 4.69) is 0 Å². The minimum absolute atomic E-state index is 0.312. The molecule has 0 aromatic carbocycles. The Labute approximate surface area is 108 Å². The topological polar surface area (TPSA) is 63.3 Å². The zero-order valence-electron chi connectivity index (χ0n) is 9.95. The van der Waals surface area contributed by atoms with Crippen molar-refractivity contribution in [3.63, 3.8) is 0 Å². The van der Waals surface area contributed by atoms with Crippen molar-refractivity contribution in [2.45, 2.75) is 37.9 Å². The number of hydrogen-bond donors (Lipinski definition) is 2. The minimum atomic E-state index is -4.49. The highest BCUT2D eigenvalue weighted by atomic mass is 32.2. The number of carboxylic acids is 1. The van der Waals surface area contributed by atoms with Gasteiger partial charge in [0.25, 0.3) is 0 Å². The molecule has 1 fully saturated rings. The summed E-state index contributed by atoms with van der Waals surface area (Å²) in [7, 11) is 0. The number of nitrogens with two attached hydrogens (primary N) is 1. The molecule has 0 aromatic rings. The zero-order valence-corrected chi connectivity index (χ0v) is 10.8. The van der Waals surface area contributed by atoms with Crippen LogP contribution in [0.3, 0.4) is 0 Å². The van der Waals surface area contributed by atoms with E-state index in [1.165, 1.54) is 12.8 Å². The lowest BCUT2D eigenvalue weighted by atomic mass is 9.97. The van der Waals surface area contributed by atoms with E-state index in [0.717, 1.165) is 5.75 Å². The maximum absolute atomic E-state index is 12.6. The average Bonchev–Trinajstić information content (AvgIpc) is 2.98. The molecule has 0 heterocycles. The summed E-state index contributed by atoms with van der Waals surface area (Å²) < 4.78 is 37.7. The zero-order chi connectivity index (χ0) is 13.8. The van der Waals surface area contributed by atoms with Gasteiger partial charge in [0.15, 0.2) is 0 Å². The molecule has 1 rings (SSSR count). The molecule has 2 atom stereocenters. The first-order valence-corrected chi connectivity index (χ1v) is 7.06. The van der Waals surface area contributed by atoms with Crippen molar-refractivity contribution in [3.8, 4) is 0 Å². The Morgan fingerprint density at radius 2 is 2.06 bits per heavy atom. The highest BCUT2D eigenvalue weighted by molar-refractivity contribution is 7.99. The van der Waals surface area contributed by atoms with E-state index in [9.17, 15) is 18.0 Å². The first kappa shape index (κ1) is 15.6. The Morgan fingerprint density at radius 3 is 2.50 bits per heavy atom. The van der Waals surface area contributed by atoms with Gasteiger partial charge in [-0.25, -0.2) is 0 Å². The fraction of sp³-hybridized carbons (Fsp3) is 0.909. The van der Waals surface area contributed by atoms with Gasteiger partial charge in [-0.3, -0.25) is 4.79 Å². The van der Waals surface area contributed by atoms with E-state index in [1.807, 2.05) is 0 Å². The number of aliphatic carboxylic acids is 1. The molecule has 106 valence electrons. The standard InChI is InChI=1S/C11H18F3NO2S/c12-11(13,14)8(4-10(16)17)3-9(15)6-18-5-7-1-2-7/h7-9H,1-6,15H2,(H,16,17)/t8-,9+/m0/s1. The second-order valence-electron chi connectivity index (χ2n) is 4.81.